The van der Waals surface area contributed by atoms with E-state index in [0.29, 0.717) is 48.5 Å². The maximum Gasteiger partial charge on any atom is 0.306 e. The zero-order chi connectivity index (χ0) is 34.3. The van der Waals surface area contributed by atoms with Gasteiger partial charge in [-0.2, -0.15) is 0 Å². The van der Waals surface area contributed by atoms with Crippen LogP contribution in [-0.2, 0) is 9.53 Å². The van der Waals surface area contributed by atoms with E-state index in [9.17, 15) is 9.90 Å². The lowest BCUT2D eigenvalue weighted by molar-refractivity contribution is -0.144. The summed E-state index contributed by atoms with van der Waals surface area (Å²) in [6, 6.07) is 4.04. The first kappa shape index (κ1) is 33.1. The SMILES string of the molecule is CCOC(=O)C[C@@H]1C[C@@H](CC)[C@@H](c2nnc3cnc4[nH]ccc4n23)C1.CC[C@@H]1C[C@@H](CC(C)(C)O)C[C@@H]1c1nnc2cnc3[nH]ccc3n12. The molecule has 0 radical (unpaired) electrons. The van der Waals surface area contributed by atoms with Gasteiger partial charge in [-0.15, -0.1) is 20.4 Å². The van der Waals surface area contributed by atoms with Gasteiger partial charge in [0.25, 0.3) is 0 Å². The van der Waals surface area contributed by atoms with E-state index in [-0.39, 0.29) is 5.97 Å². The number of fused-ring (bicyclic) bond motifs is 6. The molecular weight excluding hydrogens is 620 g/mol. The highest BCUT2D eigenvalue weighted by atomic mass is 16.5. The molecule has 2 aliphatic rings. The summed E-state index contributed by atoms with van der Waals surface area (Å²) in [6.45, 7) is 10.6. The highest BCUT2D eigenvalue weighted by Gasteiger charge is 2.40. The van der Waals surface area contributed by atoms with Crippen molar-refractivity contribution in [3.8, 4) is 0 Å². The second-order valence-electron chi connectivity index (χ2n) is 14.7. The van der Waals surface area contributed by atoms with Gasteiger partial charge in [-0.1, -0.05) is 26.7 Å². The Morgan fingerprint density at radius 2 is 1.33 bits per heavy atom. The fourth-order valence-corrected chi connectivity index (χ4v) is 8.79. The van der Waals surface area contributed by atoms with Crippen LogP contribution in [0.25, 0.3) is 33.6 Å². The van der Waals surface area contributed by atoms with Crippen molar-refractivity contribution >= 4 is 39.6 Å². The number of aromatic amines is 2. The number of aliphatic hydroxyl groups is 1. The molecule has 2 aliphatic carbocycles. The van der Waals surface area contributed by atoms with E-state index < -0.39 is 5.60 Å². The maximum absolute atomic E-state index is 11.9. The van der Waals surface area contributed by atoms with E-state index in [4.69, 9.17) is 4.74 Å². The molecule has 0 saturated heterocycles. The summed E-state index contributed by atoms with van der Waals surface area (Å²) in [7, 11) is 0. The summed E-state index contributed by atoms with van der Waals surface area (Å²) >= 11 is 0. The van der Waals surface area contributed by atoms with Crippen LogP contribution in [0.4, 0.5) is 0 Å². The topological polar surface area (TPSA) is 164 Å². The third kappa shape index (κ3) is 6.52. The van der Waals surface area contributed by atoms with Crippen molar-refractivity contribution < 1.29 is 14.6 Å². The summed E-state index contributed by atoms with van der Waals surface area (Å²) < 4.78 is 9.39. The van der Waals surface area contributed by atoms with E-state index in [0.717, 1.165) is 90.2 Å². The van der Waals surface area contributed by atoms with E-state index in [2.05, 4.69) is 63.0 Å². The van der Waals surface area contributed by atoms with Gasteiger partial charge in [0.1, 0.15) is 11.6 Å². The minimum atomic E-state index is -0.609. The Bertz CT molecular complexity index is 2050. The first-order chi connectivity index (χ1) is 23.7. The summed E-state index contributed by atoms with van der Waals surface area (Å²) in [5, 5.41) is 27.9. The average Bonchev–Trinajstić information content (AvgIpc) is 3.91. The van der Waals surface area contributed by atoms with E-state index in [1.54, 1.807) is 12.4 Å². The van der Waals surface area contributed by atoms with Gasteiger partial charge in [0.05, 0.1) is 35.6 Å². The van der Waals surface area contributed by atoms with Crippen molar-refractivity contribution in [1.82, 2.24) is 49.1 Å². The number of nitrogens with one attached hydrogen (secondary N) is 2. The normalized spacial score (nSPS) is 24.3. The van der Waals surface area contributed by atoms with Gasteiger partial charge in [-0.05, 0) is 88.7 Å². The molecule has 3 N–H and O–H groups in total. The van der Waals surface area contributed by atoms with Gasteiger partial charge in [0.2, 0.25) is 0 Å². The lowest BCUT2D eigenvalue weighted by atomic mass is 9.91. The number of carbonyl (C=O) groups excluding carboxylic acids is 1. The van der Waals surface area contributed by atoms with Gasteiger partial charge in [0.15, 0.2) is 22.6 Å². The Morgan fingerprint density at radius 1 is 0.816 bits per heavy atom. The molecule has 0 aromatic carbocycles. The first-order valence-corrected chi connectivity index (χ1v) is 17.9. The molecule has 49 heavy (non-hydrogen) atoms. The molecule has 6 atom stereocenters. The molecule has 6 aromatic rings. The van der Waals surface area contributed by atoms with Crippen LogP contribution in [0.3, 0.4) is 0 Å². The molecule has 13 heteroatoms. The Labute approximate surface area is 285 Å². The molecule has 13 nitrogen and oxygen atoms in total. The van der Waals surface area contributed by atoms with Crippen molar-refractivity contribution in [2.24, 2.45) is 23.7 Å². The van der Waals surface area contributed by atoms with Crippen molar-refractivity contribution in [2.45, 2.75) is 103 Å². The summed E-state index contributed by atoms with van der Waals surface area (Å²) in [5.41, 5.74) is 4.70. The molecule has 0 amide bonds. The Balaban J connectivity index is 0.000000154. The zero-order valence-electron chi connectivity index (χ0n) is 29.1. The number of carbonyl (C=O) groups is 1. The van der Waals surface area contributed by atoms with Crippen LogP contribution < -0.4 is 0 Å². The van der Waals surface area contributed by atoms with Crippen LogP contribution >= 0.6 is 0 Å². The van der Waals surface area contributed by atoms with Gasteiger partial charge >= 0.3 is 5.97 Å². The molecule has 8 rings (SSSR count). The number of aromatic nitrogens is 10. The van der Waals surface area contributed by atoms with Crippen molar-refractivity contribution in [3.63, 3.8) is 0 Å². The number of rotatable bonds is 9. The Hall–Kier alpha value is -4.39. The minimum Gasteiger partial charge on any atom is -0.466 e. The third-order valence-corrected chi connectivity index (χ3v) is 10.8. The fourth-order valence-electron chi connectivity index (χ4n) is 8.79. The summed E-state index contributed by atoms with van der Waals surface area (Å²) in [4.78, 5) is 27.0. The monoisotopic (exact) mass is 668 g/mol. The van der Waals surface area contributed by atoms with Crippen molar-refractivity contribution in [1.29, 1.82) is 0 Å². The van der Waals surface area contributed by atoms with Crippen molar-refractivity contribution in [3.05, 3.63) is 48.6 Å². The molecule has 0 spiro atoms. The van der Waals surface area contributed by atoms with Gasteiger partial charge in [0, 0.05) is 30.7 Å². The molecule has 0 aliphatic heterocycles. The fraction of sp³-hybridized carbons (Fsp3) is 0.583. The second-order valence-corrected chi connectivity index (χ2v) is 14.7. The van der Waals surface area contributed by atoms with Gasteiger partial charge in [-0.25, -0.2) is 9.97 Å². The predicted octanol–water partition coefficient (Wildman–Crippen LogP) is 6.37. The number of hydrogen-bond donors (Lipinski definition) is 3. The van der Waals surface area contributed by atoms with E-state index in [1.165, 1.54) is 0 Å². The van der Waals surface area contributed by atoms with Gasteiger partial charge in [-0.3, -0.25) is 13.6 Å². The van der Waals surface area contributed by atoms with E-state index >= 15 is 0 Å². The molecular formula is C36H48N10O3. The molecule has 0 bridgehead atoms. The Morgan fingerprint density at radius 3 is 1.82 bits per heavy atom. The lowest BCUT2D eigenvalue weighted by Gasteiger charge is -2.21. The van der Waals surface area contributed by atoms with Crippen LogP contribution in [0.1, 0.15) is 109 Å². The largest absolute Gasteiger partial charge is 0.466 e. The second kappa shape index (κ2) is 13.5. The number of hydrogen-bond acceptors (Lipinski definition) is 9. The lowest BCUT2D eigenvalue weighted by Crippen LogP contribution is -2.22. The number of ether oxygens (including phenoxy) is 1. The summed E-state index contributed by atoms with van der Waals surface area (Å²) in [5.74, 6) is 4.62. The third-order valence-electron chi connectivity index (χ3n) is 10.8. The van der Waals surface area contributed by atoms with Crippen LogP contribution in [0.15, 0.2) is 36.9 Å². The average molecular weight is 669 g/mol. The van der Waals surface area contributed by atoms with Gasteiger partial charge < -0.3 is 19.8 Å². The van der Waals surface area contributed by atoms with E-state index in [1.807, 2.05) is 45.3 Å². The minimum absolute atomic E-state index is 0.0914. The van der Waals surface area contributed by atoms with Crippen LogP contribution in [-0.4, -0.2) is 72.4 Å². The molecule has 2 saturated carbocycles. The number of H-pyrrole nitrogens is 2. The molecule has 260 valence electrons. The quantitative estimate of drug-likeness (QED) is 0.149. The predicted molar refractivity (Wildman–Crippen MR) is 186 cm³/mol. The molecule has 0 unspecified atom stereocenters. The summed E-state index contributed by atoms with van der Waals surface area (Å²) in [6.07, 6.45) is 15.1. The Kier molecular flexibility index (Phi) is 9.12. The number of esters is 1. The van der Waals surface area contributed by atoms with Crippen LogP contribution in [0.5, 0.6) is 0 Å². The number of nitrogens with zero attached hydrogens (tertiary/aromatic N) is 8. The van der Waals surface area contributed by atoms with Crippen molar-refractivity contribution in [2.75, 3.05) is 6.61 Å². The molecule has 6 aromatic heterocycles. The maximum atomic E-state index is 11.9. The van der Waals surface area contributed by atoms with Crippen LogP contribution in [0.2, 0.25) is 0 Å². The first-order valence-electron chi connectivity index (χ1n) is 17.9. The highest BCUT2D eigenvalue weighted by molar-refractivity contribution is 5.75. The molecule has 6 heterocycles. The smallest absolute Gasteiger partial charge is 0.306 e. The molecule has 2 fully saturated rings. The standard InChI is InChI=1S/C18H23N5O2.C18H25N5O/c1-3-12-7-11(9-16(24)25-4-2)8-13(12)18-22-21-15-10-20-17-14(23(15)18)5-6-19-17;1-4-12-7-11(9-18(2,3)24)8-13(12)17-22-21-15-10-20-16-14(23(15)17)5-6-19-16/h5-6,10-13,19H,3-4,7-9H2,1-2H3;5-6,10-13,19,24H,4,7-9H2,1-3H3/t2*11-,12-,13+/m11/s1. The van der Waals surface area contributed by atoms with Crippen LogP contribution in [0, 0.1) is 23.7 Å². The highest BCUT2D eigenvalue weighted by Crippen LogP contribution is 2.47. The zero-order valence-corrected chi connectivity index (χ0v) is 29.1.